The third-order valence-electron chi connectivity index (χ3n) is 7.29. The third kappa shape index (κ3) is 6.32. The molecule has 0 aliphatic rings. The summed E-state index contributed by atoms with van der Waals surface area (Å²) < 4.78 is 12.2. The maximum atomic E-state index is 14.3. The van der Waals surface area contributed by atoms with Gasteiger partial charge in [-0.3, -0.25) is 14.4 Å². The average Bonchev–Trinajstić information content (AvgIpc) is 3.02. The second-order valence-electron chi connectivity index (χ2n) is 10.5. The molecule has 0 saturated carbocycles. The van der Waals surface area contributed by atoms with Gasteiger partial charge in [0.05, 0.1) is 28.0 Å². The van der Waals surface area contributed by atoms with Crippen molar-refractivity contribution in [3.05, 3.63) is 133 Å². The number of rotatable bonds is 9. The summed E-state index contributed by atoms with van der Waals surface area (Å²) in [7, 11) is 1.33. The van der Waals surface area contributed by atoms with Crippen molar-refractivity contribution >= 4 is 60.2 Å². The number of hydrogen-bond acceptors (Lipinski definition) is 6. The van der Waals surface area contributed by atoms with E-state index in [2.05, 4.69) is 31.9 Å². The van der Waals surface area contributed by atoms with Crippen LogP contribution < -0.4 is 4.74 Å². The lowest BCUT2D eigenvalue weighted by Crippen LogP contribution is -2.12. The van der Waals surface area contributed by atoms with Crippen LogP contribution in [0, 0.1) is 0 Å². The molecule has 5 rings (SSSR count). The number of carbonyl (C=O) groups excluding carboxylic acids is 3. The van der Waals surface area contributed by atoms with Gasteiger partial charge in [-0.25, -0.2) is 0 Å². The zero-order valence-electron chi connectivity index (χ0n) is 24.2. The van der Waals surface area contributed by atoms with Crippen LogP contribution in [0.5, 0.6) is 17.2 Å². The van der Waals surface area contributed by atoms with Gasteiger partial charge in [0.15, 0.2) is 17.3 Å². The van der Waals surface area contributed by atoms with Crippen LogP contribution in [0.3, 0.4) is 0 Å². The van der Waals surface area contributed by atoms with E-state index in [1.54, 1.807) is 48.5 Å². The molecule has 0 saturated heterocycles. The number of methoxy groups -OCH3 is 1. The van der Waals surface area contributed by atoms with Crippen LogP contribution in [0.2, 0.25) is 0 Å². The molecule has 1 N–H and O–H groups in total. The van der Waals surface area contributed by atoms with E-state index in [9.17, 15) is 19.5 Å². The van der Waals surface area contributed by atoms with E-state index in [1.807, 2.05) is 50.2 Å². The maximum absolute atomic E-state index is 14.3. The van der Waals surface area contributed by atoms with Crippen molar-refractivity contribution in [2.75, 3.05) is 7.11 Å². The second kappa shape index (κ2) is 13.2. The molecule has 5 aromatic rings. The number of hydrogen-bond donors (Lipinski definition) is 1. The zero-order valence-corrected chi connectivity index (χ0v) is 27.4. The van der Waals surface area contributed by atoms with E-state index in [-0.39, 0.29) is 52.3 Å². The Morgan fingerprint density at radius 1 is 0.750 bits per heavy atom. The van der Waals surface area contributed by atoms with Crippen molar-refractivity contribution in [3.63, 3.8) is 0 Å². The summed E-state index contributed by atoms with van der Waals surface area (Å²) in [4.78, 5) is 40.0. The Bertz CT molecular complexity index is 1900. The highest BCUT2D eigenvalue weighted by atomic mass is 79.9. The molecular weight excluding hydrogens is 688 g/mol. The van der Waals surface area contributed by atoms with Gasteiger partial charge in [-0.2, -0.15) is 0 Å². The largest absolute Gasteiger partial charge is 0.508 e. The lowest BCUT2D eigenvalue weighted by molar-refractivity contribution is -0.139. The fourth-order valence-electron chi connectivity index (χ4n) is 5.06. The van der Waals surface area contributed by atoms with Gasteiger partial charge in [0.25, 0.3) is 0 Å². The van der Waals surface area contributed by atoms with Crippen molar-refractivity contribution in [1.82, 2.24) is 0 Å². The molecule has 6 nitrogen and oxygen atoms in total. The Morgan fingerprint density at radius 3 is 1.95 bits per heavy atom. The fourth-order valence-corrected chi connectivity index (χ4v) is 6.51. The minimum Gasteiger partial charge on any atom is -0.508 e. The van der Waals surface area contributed by atoms with Crippen LogP contribution in [0.15, 0.2) is 99.9 Å². The van der Waals surface area contributed by atoms with E-state index in [4.69, 9.17) is 9.47 Å². The quantitative estimate of drug-likeness (QED) is 0.121. The summed E-state index contributed by atoms with van der Waals surface area (Å²) in [6.07, 6.45) is 0.0654. The number of aromatic hydroxyl groups is 1. The van der Waals surface area contributed by atoms with Gasteiger partial charge in [0, 0.05) is 22.3 Å². The number of ketones is 2. The standard InChI is InChI=1S/C36H28Br2O6/c1-20(2)27-19-32(44-36-29(37)15-21(16-30(36)38)17-33(40)43-3)28(18-31(27)39)35(42)26-13-7-6-12-25(26)34(41)24-14-8-10-22-9-4-5-11-23(22)24/h4-16,18-20,39H,17H2,1-3H3. The zero-order chi connectivity index (χ0) is 31.5. The van der Waals surface area contributed by atoms with E-state index >= 15 is 0 Å². The van der Waals surface area contributed by atoms with Crippen molar-refractivity contribution in [2.24, 2.45) is 0 Å². The first-order chi connectivity index (χ1) is 21.1. The first-order valence-electron chi connectivity index (χ1n) is 13.8. The molecule has 222 valence electrons. The molecule has 0 aliphatic heterocycles. The van der Waals surface area contributed by atoms with Crippen molar-refractivity contribution in [1.29, 1.82) is 0 Å². The number of ether oxygens (including phenoxy) is 2. The summed E-state index contributed by atoms with van der Waals surface area (Å²) in [5.74, 6) is -0.718. The molecule has 0 spiro atoms. The molecule has 0 aromatic heterocycles. The molecule has 5 aromatic carbocycles. The lowest BCUT2D eigenvalue weighted by Gasteiger charge is -2.18. The SMILES string of the molecule is COC(=O)Cc1cc(Br)c(Oc2cc(C(C)C)c(O)cc2C(=O)c2ccccc2C(=O)c2cccc3ccccc23)c(Br)c1. The van der Waals surface area contributed by atoms with Crippen LogP contribution in [-0.2, 0) is 16.0 Å². The van der Waals surface area contributed by atoms with Crippen LogP contribution in [0.4, 0.5) is 0 Å². The Labute approximate surface area is 271 Å². The Hall–Kier alpha value is -4.27. The molecule has 0 atom stereocenters. The van der Waals surface area contributed by atoms with Gasteiger partial charge in [-0.05, 0) is 78.4 Å². The van der Waals surface area contributed by atoms with E-state index in [0.29, 0.717) is 31.4 Å². The highest BCUT2D eigenvalue weighted by Crippen LogP contribution is 2.42. The van der Waals surface area contributed by atoms with Gasteiger partial charge in [0.1, 0.15) is 11.5 Å². The van der Waals surface area contributed by atoms with Gasteiger partial charge < -0.3 is 14.6 Å². The molecule has 8 heteroatoms. The summed E-state index contributed by atoms with van der Waals surface area (Å²) in [5, 5.41) is 12.6. The third-order valence-corrected chi connectivity index (χ3v) is 8.47. The first kappa shape index (κ1) is 31.2. The number of esters is 1. The van der Waals surface area contributed by atoms with Crippen LogP contribution >= 0.6 is 31.9 Å². The second-order valence-corrected chi connectivity index (χ2v) is 12.2. The van der Waals surface area contributed by atoms with Gasteiger partial charge in [0.2, 0.25) is 0 Å². The molecule has 0 radical (unpaired) electrons. The van der Waals surface area contributed by atoms with Gasteiger partial charge in [-0.1, -0.05) is 80.6 Å². The molecule has 0 fully saturated rings. The highest BCUT2D eigenvalue weighted by Gasteiger charge is 2.26. The average molecular weight is 716 g/mol. The monoisotopic (exact) mass is 714 g/mol. The minimum atomic E-state index is -0.482. The number of carbonyl (C=O) groups is 3. The normalized spacial score (nSPS) is 11.0. The predicted octanol–water partition coefficient (Wildman–Crippen LogP) is 9.16. The van der Waals surface area contributed by atoms with E-state index < -0.39 is 5.78 Å². The highest BCUT2D eigenvalue weighted by molar-refractivity contribution is 9.11. The van der Waals surface area contributed by atoms with Crippen molar-refractivity contribution in [3.8, 4) is 17.2 Å². The van der Waals surface area contributed by atoms with Crippen molar-refractivity contribution < 1.29 is 29.0 Å². The Morgan fingerprint density at radius 2 is 1.32 bits per heavy atom. The van der Waals surface area contributed by atoms with E-state index in [1.165, 1.54) is 13.2 Å². The first-order valence-corrected chi connectivity index (χ1v) is 15.4. The Balaban J connectivity index is 1.60. The molecule has 44 heavy (non-hydrogen) atoms. The summed E-state index contributed by atoms with van der Waals surface area (Å²) in [5.41, 5.74) is 2.26. The molecule has 0 amide bonds. The number of halogens is 2. The predicted molar refractivity (Wildman–Crippen MR) is 177 cm³/mol. The molecular formula is C36H28Br2O6. The van der Waals surface area contributed by atoms with Crippen LogP contribution in [0.25, 0.3) is 10.8 Å². The number of phenolic OH excluding ortho intramolecular Hbond substituents is 1. The molecule has 0 aliphatic carbocycles. The maximum Gasteiger partial charge on any atom is 0.309 e. The number of benzene rings is 5. The topological polar surface area (TPSA) is 89.9 Å². The Kier molecular flexibility index (Phi) is 9.32. The molecule has 0 heterocycles. The summed E-state index contributed by atoms with van der Waals surface area (Å²) in [6, 6.07) is 26.3. The van der Waals surface area contributed by atoms with Crippen molar-refractivity contribution in [2.45, 2.75) is 26.2 Å². The summed E-state index contributed by atoms with van der Waals surface area (Å²) in [6.45, 7) is 3.85. The summed E-state index contributed by atoms with van der Waals surface area (Å²) >= 11 is 7.05. The van der Waals surface area contributed by atoms with Gasteiger partial charge >= 0.3 is 5.97 Å². The van der Waals surface area contributed by atoms with E-state index in [0.717, 1.165) is 10.8 Å². The van der Waals surface area contributed by atoms with Gasteiger partial charge in [-0.15, -0.1) is 0 Å². The number of fused-ring (bicyclic) bond motifs is 1. The molecule has 0 bridgehead atoms. The number of phenols is 1. The minimum absolute atomic E-state index is 0.0554. The lowest BCUT2D eigenvalue weighted by atomic mass is 9.90. The molecule has 0 unspecified atom stereocenters. The van der Waals surface area contributed by atoms with Crippen LogP contribution in [0.1, 0.15) is 62.7 Å². The fraction of sp³-hybridized carbons (Fsp3) is 0.139. The van der Waals surface area contributed by atoms with Crippen LogP contribution in [-0.4, -0.2) is 29.8 Å². The smallest absolute Gasteiger partial charge is 0.309 e.